The number of benzene rings is 1. The summed E-state index contributed by atoms with van der Waals surface area (Å²) >= 11 is 7.16. The van der Waals surface area contributed by atoms with Gasteiger partial charge in [-0.3, -0.25) is 9.59 Å². The van der Waals surface area contributed by atoms with Crippen molar-refractivity contribution in [3.05, 3.63) is 46.4 Å². The number of thiazole rings is 1. The molecule has 0 radical (unpaired) electrons. The minimum atomic E-state index is -0.632. The van der Waals surface area contributed by atoms with Crippen LogP contribution in [0.2, 0.25) is 5.02 Å². The second-order valence-electron chi connectivity index (χ2n) is 5.17. The lowest BCUT2D eigenvalue weighted by Crippen LogP contribution is -2.47. The summed E-state index contributed by atoms with van der Waals surface area (Å²) in [6.45, 7) is 3.90. The van der Waals surface area contributed by atoms with E-state index in [2.05, 4.69) is 15.6 Å². The molecule has 0 saturated heterocycles. The Labute approximate surface area is 144 Å². The normalized spacial score (nSPS) is 13.2. The van der Waals surface area contributed by atoms with E-state index in [1.807, 2.05) is 13.8 Å². The predicted octanol–water partition coefficient (Wildman–Crippen LogP) is 3.58. The Morgan fingerprint density at radius 1 is 1.30 bits per heavy atom. The number of hydrogen-bond donors (Lipinski definition) is 2. The van der Waals surface area contributed by atoms with Crippen LogP contribution >= 0.6 is 22.9 Å². The molecule has 0 aliphatic rings. The van der Waals surface area contributed by atoms with E-state index >= 15 is 0 Å². The van der Waals surface area contributed by atoms with Gasteiger partial charge in [0, 0.05) is 22.2 Å². The first kappa shape index (κ1) is 17.4. The molecule has 2 N–H and O–H groups in total. The zero-order chi connectivity index (χ0) is 16.8. The molecule has 2 aromatic rings. The fourth-order valence-corrected chi connectivity index (χ4v) is 2.65. The van der Waals surface area contributed by atoms with Crippen LogP contribution in [0.5, 0.6) is 0 Å². The monoisotopic (exact) mass is 351 g/mol. The van der Waals surface area contributed by atoms with Gasteiger partial charge >= 0.3 is 0 Å². The molecular weight excluding hydrogens is 334 g/mol. The van der Waals surface area contributed by atoms with Crippen molar-refractivity contribution < 1.29 is 9.59 Å². The largest absolute Gasteiger partial charge is 0.340 e. The van der Waals surface area contributed by atoms with Crippen LogP contribution in [0.4, 0.5) is 5.13 Å². The molecule has 0 bridgehead atoms. The molecule has 0 fully saturated rings. The fourth-order valence-electron chi connectivity index (χ4n) is 2.00. The highest BCUT2D eigenvalue weighted by molar-refractivity contribution is 7.13. The molecule has 0 aliphatic heterocycles. The van der Waals surface area contributed by atoms with Crippen LogP contribution in [0.15, 0.2) is 35.8 Å². The molecule has 1 aromatic heterocycles. The second-order valence-corrected chi connectivity index (χ2v) is 6.50. The van der Waals surface area contributed by atoms with Crippen LogP contribution in [-0.2, 0) is 4.79 Å². The Kier molecular flexibility index (Phi) is 6.12. The highest BCUT2D eigenvalue weighted by Gasteiger charge is 2.26. The maximum Gasteiger partial charge on any atom is 0.251 e. The van der Waals surface area contributed by atoms with Gasteiger partial charge < -0.3 is 10.6 Å². The lowest BCUT2D eigenvalue weighted by atomic mass is 9.98. The third-order valence-corrected chi connectivity index (χ3v) is 4.49. The van der Waals surface area contributed by atoms with Crippen LogP contribution < -0.4 is 10.6 Å². The van der Waals surface area contributed by atoms with Crippen molar-refractivity contribution in [3.63, 3.8) is 0 Å². The van der Waals surface area contributed by atoms with E-state index in [1.54, 1.807) is 35.8 Å². The predicted molar refractivity (Wildman–Crippen MR) is 92.9 cm³/mol. The lowest BCUT2D eigenvalue weighted by molar-refractivity contribution is -0.119. The summed E-state index contributed by atoms with van der Waals surface area (Å²) in [5, 5.41) is 8.39. The fraction of sp³-hybridized carbons (Fsp3) is 0.312. The van der Waals surface area contributed by atoms with E-state index in [-0.39, 0.29) is 17.7 Å². The number of halogens is 1. The Hall–Kier alpha value is -1.92. The Bertz CT molecular complexity index is 658. The van der Waals surface area contributed by atoms with E-state index in [1.165, 1.54) is 11.3 Å². The van der Waals surface area contributed by atoms with Crippen molar-refractivity contribution in [3.8, 4) is 0 Å². The number of nitrogens with one attached hydrogen (secondary N) is 2. The zero-order valence-electron chi connectivity index (χ0n) is 12.9. The molecule has 0 spiro atoms. The number of carbonyl (C=O) groups is 2. The highest BCUT2D eigenvalue weighted by atomic mass is 35.5. The molecule has 23 heavy (non-hydrogen) atoms. The van der Waals surface area contributed by atoms with Crippen molar-refractivity contribution in [1.82, 2.24) is 10.3 Å². The zero-order valence-corrected chi connectivity index (χ0v) is 14.4. The van der Waals surface area contributed by atoms with Crippen molar-refractivity contribution in [2.45, 2.75) is 26.3 Å². The topological polar surface area (TPSA) is 71.1 Å². The number of carbonyl (C=O) groups excluding carboxylic acids is 2. The number of aromatic nitrogens is 1. The van der Waals surface area contributed by atoms with Gasteiger partial charge in [-0.1, -0.05) is 31.9 Å². The molecule has 5 nitrogen and oxygen atoms in total. The van der Waals surface area contributed by atoms with Gasteiger partial charge in [0.15, 0.2) is 5.13 Å². The van der Waals surface area contributed by atoms with E-state index in [0.29, 0.717) is 15.7 Å². The Morgan fingerprint density at radius 2 is 2.00 bits per heavy atom. The van der Waals surface area contributed by atoms with E-state index in [4.69, 9.17) is 11.6 Å². The average molecular weight is 352 g/mol. The summed E-state index contributed by atoms with van der Waals surface area (Å²) < 4.78 is 0. The SMILES string of the molecule is CCC(C)C(NC(=O)c1ccc(Cl)cc1)C(=O)Nc1nccs1. The molecule has 0 aliphatic carbocycles. The van der Waals surface area contributed by atoms with Crippen molar-refractivity contribution in [2.75, 3.05) is 5.32 Å². The molecule has 122 valence electrons. The van der Waals surface area contributed by atoms with Gasteiger partial charge in [0.25, 0.3) is 5.91 Å². The number of rotatable bonds is 6. The summed E-state index contributed by atoms with van der Waals surface area (Å²) in [4.78, 5) is 28.8. The van der Waals surface area contributed by atoms with Gasteiger partial charge in [-0.25, -0.2) is 4.98 Å². The summed E-state index contributed by atoms with van der Waals surface area (Å²) in [7, 11) is 0. The lowest BCUT2D eigenvalue weighted by Gasteiger charge is -2.23. The molecule has 2 amide bonds. The number of hydrogen-bond acceptors (Lipinski definition) is 4. The summed E-state index contributed by atoms with van der Waals surface area (Å²) in [5.41, 5.74) is 0.463. The first-order valence-electron chi connectivity index (χ1n) is 7.28. The number of anilines is 1. The maximum atomic E-state index is 12.5. The summed E-state index contributed by atoms with van der Waals surface area (Å²) in [6.07, 6.45) is 2.38. The molecule has 2 rings (SSSR count). The van der Waals surface area contributed by atoms with Crippen LogP contribution in [0.3, 0.4) is 0 Å². The third-order valence-electron chi connectivity index (χ3n) is 3.55. The average Bonchev–Trinajstić information content (AvgIpc) is 3.05. The van der Waals surface area contributed by atoms with E-state index in [0.717, 1.165) is 6.42 Å². The molecule has 7 heteroatoms. The van der Waals surface area contributed by atoms with Crippen molar-refractivity contribution in [2.24, 2.45) is 5.92 Å². The number of amides is 2. The minimum absolute atomic E-state index is 0.00814. The summed E-state index contributed by atoms with van der Waals surface area (Å²) in [6, 6.07) is 5.91. The molecule has 1 aromatic carbocycles. The third kappa shape index (κ3) is 4.77. The van der Waals surface area contributed by atoms with Crippen LogP contribution in [0.25, 0.3) is 0 Å². The molecule has 2 atom stereocenters. The number of nitrogens with zero attached hydrogens (tertiary/aromatic N) is 1. The highest BCUT2D eigenvalue weighted by Crippen LogP contribution is 2.15. The quantitative estimate of drug-likeness (QED) is 0.835. The standard InChI is InChI=1S/C16H18ClN3O2S/c1-3-10(2)13(15(22)20-16-18-8-9-23-16)19-14(21)11-4-6-12(17)7-5-11/h4-10,13H,3H2,1-2H3,(H,19,21)(H,18,20,22). The first-order chi connectivity index (χ1) is 11.0. The van der Waals surface area contributed by atoms with Crippen LogP contribution in [-0.4, -0.2) is 22.8 Å². The van der Waals surface area contributed by atoms with Crippen LogP contribution in [0, 0.1) is 5.92 Å². The molecule has 2 unspecified atom stereocenters. The van der Waals surface area contributed by atoms with Gasteiger partial charge in [0.1, 0.15) is 6.04 Å². The molecular formula is C16H18ClN3O2S. The molecule has 1 heterocycles. The van der Waals surface area contributed by atoms with Gasteiger partial charge in [-0.05, 0) is 30.2 Å². The second kappa shape index (κ2) is 8.08. The first-order valence-corrected chi connectivity index (χ1v) is 8.53. The Morgan fingerprint density at radius 3 is 2.57 bits per heavy atom. The maximum absolute atomic E-state index is 12.5. The Balaban J connectivity index is 2.10. The smallest absolute Gasteiger partial charge is 0.251 e. The minimum Gasteiger partial charge on any atom is -0.340 e. The van der Waals surface area contributed by atoms with Gasteiger partial charge in [0.2, 0.25) is 5.91 Å². The van der Waals surface area contributed by atoms with Crippen molar-refractivity contribution >= 4 is 39.9 Å². The van der Waals surface area contributed by atoms with Gasteiger partial charge in [-0.15, -0.1) is 11.3 Å². The molecule has 0 saturated carbocycles. The van der Waals surface area contributed by atoms with E-state index in [9.17, 15) is 9.59 Å². The van der Waals surface area contributed by atoms with Gasteiger partial charge in [-0.2, -0.15) is 0 Å². The van der Waals surface area contributed by atoms with Crippen LogP contribution in [0.1, 0.15) is 30.6 Å². The van der Waals surface area contributed by atoms with E-state index < -0.39 is 6.04 Å². The van der Waals surface area contributed by atoms with Crippen molar-refractivity contribution in [1.29, 1.82) is 0 Å². The summed E-state index contributed by atoms with van der Waals surface area (Å²) in [5.74, 6) is -0.580. The van der Waals surface area contributed by atoms with Gasteiger partial charge in [0.05, 0.1) is 0 Å².